The van der Waals surface area contributed by atoms with Gasteiger partial charge in [-0.2, -0.15) is 0 Å². The van der Waals surface area contributed by atoms with Crippen molar-refractivity contribution in [3.05, 3.63) is 60.4 Å². The molecule has 3 rings (SSSR count). The topological polar surface area (TPSA) is 61.2 Å². The van der Waals surface area contributed by atoms with E-state index in [2.05, 4.69) is 4.98 Å². The Hall–Kier alpha value is -2.95. The van der Waals surface area contributed by atoms with Gasteiger partial charge in [0.15, 0.2) is 5.78 Å². The SMILES string of the molecule is Cn1cnc2cc(OC(=O)CCC(=O)c3ccccc3)ccc21. The fraction of sp³-hybridized carbons (Fsp3) is 0.167. The quantitative estimate of drug-likeness (QED) is 0.413. The van der Waals surface area contributed by atoms with Gasteiger partial charge in [-0.15, -0.1) is 0 Å². The van der Waals surface area contributed by atoms with Crippen molar-refractivity contribution in [2.75, 3.05) is 0 Å². The highest BCUT2D eigenvalue weighted by Crippen LogP contribution is 2.20. The minimum Gasteiger partial charge on any atom is -0.426 e. The Kier molecular flexibility index (Phi) is 4.19. The van der Waals surface area contributed by atoms with Crippen molar-refractivity contribution in [3.8, 4) is 5.75 Å². The number of aromatic nitrogens is 2. The smallest absolute Gasteiger partial charge is 0.311 e. The van der Waals surface area contributed by atoms with Crippen LogP contribution in [-0.4, -0.2) is 21.3 Å². The van der Waals surface area contributed by atoms with Gasteiger partial charge in [0.25, 0.3) is 0 Å². The zero-order valence-electron chi connectivity index (χ0n) is 12.7. The lowest BCUT2D eigenvalue weighted by Crippen LogP contribution is -2.10. The number of hydrogen-bond acceptors (Lipinski definition) is 4. The molecule has 0 spiro atoms. The van der Waals surface area contributed by atoms with Crippen LogP contribution in [0.5, 0.6) is 5.75 Å². The molecular formula is C18H16N2O3. The van der Waals surface area contributed by atoms with Gasteiger partial charge in [0.1, 0.15) is 5.75 Å². The Bertz CT molecular complexity index is 853. The van der Waals surface area contributed by atoms with Gasteiger partial charge in [-0.05, 0) is 12.1 Å². The number of ketones is 1. The molecule has 0 N–H and O–H groups in total. The van der Waals surface area contributed by atoms with E-state index < -0.39 is 5.97 Å². The van der Waals surface area contributed by atoms with Crippen LogP contribution >= 0.6 is 0 Å². The Morgan fingerprint density at radius 3 is 2.65 bits per heavy atom. The van der Waals surface area contributed by atoms with Crippen molar-refractivity contribution in [2.45, 2.75) is 12.8 Å². The number of rotatable bonds is 5. The molecule has 1 heterocycles. The fourth-order valence-electron chi connectivity index (χ4n) is 2.35. The first-order valence-corrected chi connectivity index (χ1v) is 7.33. The number of esters is 1. The highest BCUT2D eigenvalue weighted by molar-refractivity contribution is 5.97. The summed E-state index contributed by atoms with van der Waals surface area (Å²) in [7, 11) is 1.90. The van der Waals surface area contributed by atoms with Crippen molar-refractivity contribution >= 4 is 22.8 Å². The van der Waals surface area contributed by atoms with Gasteiger partial charge in [-0.25, -0.2) is 4.98 Å². The number of hydrogen-bond donors (Lipinski definition) is 0. The fourth-order valence-corrected chi connectivity index (χ4v) is 2.35. The van der Waals surface area contributed by atoms with Crippen molar-refractivity contribution in [1.82, 2.24) is 9.55 Å². The summed E-state index contributed by atoms with van der Waals surface area (Å²) in [4.78, 5) is 28.1. The molecule has 2 aromatic carbocycles. The van der Waals surface area contributed by atoms with E-state index in [0.717, 1.165) is 11.0 Å². The van der Waals surface area contributed by atoms with Crippen LogP contribution < -0.4 is 4.74 Å². The summed E-state index contributed by atoms with van der Waals surface area (Å²) in [5, 5.41) is 0. The maximum Gasteiger partial charge on any atom is 0.311 e. The van der Waals surface area contributed by atoms with Gasteiger partial charge >= 0.3 is 5.97 Å². The molecular weight excluding hydrogens is 292 g/mol. The van der Waals surface area contributed by atoms with Crippen molar-refractivity contribution < 1.29 is 14.3 Å². The van der Waals surface area contributed by atoms with Crippen molar-refractivity contribution in [1.29, 1.82) is 0 Å². The highest BCUT2D eigenvalue weighted by Gasteiger charge is 2.11. The van der Waals surface area contributed by atoms with Gasteiger partial charge in [0.2, 0.25) is 0 Å². The zero-order valence-corrected chi connectivity index (χ0v) is 12.7. The van der Waals surface area contributed by atoms with Gasteiger partial charge in [-0.3, -0.25) is 9.59 Å². The van der Waals surface area contributed by atoms with E-state index >= 15 is 0 Å². The number of ether oxygens (including phenoxy) is 1. The summed E-state index contributed by atoms with van der Waals surface area (Å²) in [5.41, 5.74) is 2.33. The average Bonchev–Trinajstić information content (AvgIpc) is 2.94. The number of carbonyl (C=O) groups is 2. The first-order chi connectivity index (χ1) is 11.1. The van der Waals surface area contributed by atoms with Crippen LogP contribution in [0.2, 0.25) is 0 Å². The minimum absolute atomic E-state index is 0.0496. The lowest BCUT2D eigenvalue weighted by Gasteiger charge is -2.04. The monoisotopic (exact) mass is 308 g/mol. The van der Waals surface area contributed by atoms with Crippen LogP contribution in [0.3, 0.4) is 0 Å². The summed E-state index contributed by atoms with van der Waals surface area (Å²) >= 11 is 0. The standard InChI is InChI=1S/C18H16N2O3/c1-20-12-19-15-11-14(7-8-16(15)20)23-18(22)10-9-17(21)13-5-3-2-4-6-13/h2-8,11-12H,9-10H2,1H3. The van der Waals surface area contributed by atoms with Crippen LogP contribution in [-0.2, 0) is 11.8 Å². The van der Waals surface area contributed by atoms with E-state index in [1.165, 1.54) is 0 Å². The Morgan fingerprint density at radius 2 is 1.87 bits per heavy atom. The summed E-state index contributed by atoms with van der Waals surface area (Å²) < 4.78 is 7.17. The highest BCUT2D eigenvalue weighted by atomic mass is 16.5. The van der Waals surface area contributed by atoms with Crippen molar-refractivity contribution in [3.63, 3.8) is 0 Å². The molecule has 5 heteroatoms. The number of Topliss-reactive ketones (excluding diaryl/α,β-unsaturated/α-hetero) is 1. The zero-order chi connectivity index (χ0) is 16.2. The number of aryl methyl sites for hydroxylation is 1. The van der Waals surface area contributed by atoms with E-state index in [9.17, 15) is 9.59 Å². The molecule has 5 nitrogen and oxygen atoms in total. The van der Waals surface area contributed by atoms with E-state index in [-0.39, 0.29) is 18.6 Å². The summed E-state index contributed by atoms with van der Waals surface area (Å²) in [5.74, 6) is -0.0550. The molecule has 0 saturated carbocycles. The number of nitrogens with zero attached hydrogens (tertiary/aromatic N) is 2. The molecule has 0 bridgehead atoms. The maximum absolute atomic E-state index is 12.0. The molecule has 0 unspecified atom stereocenters. The number of imidazole rings is 1. The normalized spacial score (nSPS) is 10.7. The first-order valence-electron chi connectivity index (χ1n) is 7.33. The number of benzene rings is 2. The van der Waals surface area contributed by atoms with Gasteiger partial charge in [0.05, 0.1) is 23.8 Å². The number of carbonyl (C=O) groups excluding carboxylic acids is 2. The molecule has 0 aliphatic rings. The first kappa shape index (κ1) is 15.0. The average molecular weight is 308 g/mol. The van der Waals surface area contributed by atoms with Gasteiger partial charge in [-0.1, -0.05) is 30.3 Å². The second kappa shape index (κ2) is 6.44. The molecule has 0 amide bonds. The predicted octanol–water partition coefficient (Wildman–Crippen LogP) is 3.14. The van der Waals surface area contributed by atoms with Crippen LogP contribution in [0.15, 0.2) is 54.9 Å². The van der Waals surface area contributed by atoms with E-state index in [1.807, 2.05) is 23.7 Å². The van der Waals surface area contributed by atoms with Crippen molar-refractivity contribution in [2.24, 2.45) is 7.05 Å². The molecule has 3 aromatic rings. The largest absolute Gasteiger partial charge is 0.426 e. The lowest BCUT2D eigenvalue weighted by atomic mass is 10.1. The molecule has 0 radical (unpaired) electrons. The van der Waals surface area contributed by atoms with E-state index in [1.54, 1.807) is 42.7 Å². The predicted molar refractivity (Wildman–Crippen MR) is 86.4 cm³/mol. The summed E-state index contributed by atoms with van der Waals surface area (Å²) in [6, 6.07) is 14.2. The molecule has 0 aliphatic heterocycles. The molecule has 23 heavy (non-hydrogen) atoms. The third-order valence-corrected chi connectivity index (χ3v) is 3.58. The molecule has 1 aromatic heterocycles. The third kappa shape index (κ3) is 3.45. The molecule has 0 atom stereocenters. The van der Waals surface area contributed by atoms with Crippen LogP contribution in [0.4, 0.5) is 0 Å². The second-order valence-corrected chi connectivity index (χ2v) is 5.27. The minimum atomic E-state index is -0.426. The Labute approximate surface area is 133 Å². The number of fused-ring (bicyclic) bond motifs is 1. The second-order valence-electron chi connectivity index (χ2n) is 5.27. The summed E-state index contributed by atoms with van der Waals surface area (Å²) in [6.45, 7) is 0. The van der Waals surface area contributed by atoms with Crippen LogP contribution in [0, 0.1) is 0 Å². The van der Waals surface area contributed by atoms with Crippen LogP contribution in [0.25, 0.3) is 11.0 Å². The lowest BCUT2D eigenvalue weighted by molar-refractivity contribution is -0.134. The molecule has 116 valence electrons. The van der Waals surface area contributed by atoms with Crippen LogP contribution in [0.1, 0.15) is 23.2 Å². The van der Waals surface area contributed by atoms with Gasteiger partial charge in [0, 0.05) is 25.1 Å². The molecule has 0 fully saturated rings. The summed E-state index contributed by atoms with van der Waals surface area (Å²) in [6.07, 6.45) is 1.89. The van der Waals surface area contributed by atoms with Gasteiger partial charge < -0.3 is 9.30 Å². The molecule has 0 aliphatic carbocycles. The third-order valence-electron chi connectivity index (χ3n) is 3.58. The Balaban J connectivity index is 1.59. The maximum atomic E-state index is 12.0. The Morgan fingerprint density at radius 1 is 1.09 bits per heavy atom. The molecule has 0 saturated heterocycles. The van der Waals surface area contributed by atoms with E-state index in [4.69, 9.17) is 4.74 Å². The van der Waals surface area contributed by atoms with E-state index in [0.29, 0.717) is 11.3 Å².